The minimum atomic E-state index is -0.344. The number of benzene rings is 2. The molecular formula is C19H21ClN2O3. The van der Waals surface area contributed by atoms with Crippen molar-refractivity contribution in [3.8, 4) is 11.5 Å². The van der Waals surface area contributed by atoms with Gasteiger partial charge in [0.05, 0.1) is 12.8 Å². The van der Waals surface area contributed by atoms with Gasteiger partial charge in [0.15, 0.2) is 6.61 Å². The Morgan fingerprint density at radius 2 is 1.68 bits per heavy atom. The normalized spacial score (nSPS) is 10.9. The van der Waals surface area contributed by atoms with Gasteiger partial charge >= 0.3 is 0 Å². The van der Waals surface area contributed by atoms with Crippen LogP contribution in [0.25, 0.3) is 0 Å². The summed E-state index contributed by atoms with van der Waals surface area (Å²) in [6.07, 6.45) is 1.56. The lowest BCUT2D eigenvalue weighted by atomic mass is 10.2. The molecule has 25 heavy (non-hydrogen) atoms. The van der Waals surface area contributed by atoms with E-state index in [1.54, 1.807) is 30.5 Å². The summed E-state index contributed by atoms with van der Waals surface area (Å²) in [5.74, 6) is 1.52. The van der Waals surface area contributed by atoms with Crippen molar-refractivity contribution < 1.29 is 14.3 Å². The summed E-state index contributed by atoms with van der Waals surface area (Å²) in [5, 5.41) is 4.52. The zero-order valence-electron chi connectivity index (χ0n) is 14.2. The molecule has 0 aromatic heterocycles. The fourth-order valence-electron chi connectivity index (χ4n) is 1.80. The SMILES string of the molecule is CC(C)COc1ccc(/C=N\NC(=O)COc2ccc(Cl)cc2)cc1. The first kappa shape index (κ1) is 18.8. The minimum Gasteiger partial charge on any atom is -0.493 e. The Balaban J connectivity index is 1.74. The maximum absolute atomic E-state index is 11.7. The molecule has 0 spiro atoms. The van der Waals surface area contributed by atoms with Crippen molar-refractivity contribution >= 4 is 23.7 Å². The molecule has 132 valence electrons. The van der Waals surface area contributed by atoms with E-state index in [0.717, 1.165) is 11.3 Å². The number of amides is 1. The summed E-state index contributed by atoms with van der Waals surface area (Å²) in [4.78, 5) is 11.7. The van der Waals surface area contributed by atoms with Gasteiger partial charge in [-0.1, -0.05) is 25.4 Å². The number of hydrogen-bond acceptors (Lipinski definition) is 4. The van der Waals surface area contributed by atoms with E-state index in [4.69, 9.17) is 21.1 Å². The second-order valence-electron chi connectivity index (χ2n) is 5.81. The van der Waals surface area contributed by atoms with Gasteiger partial charge in [0.1, 0.15) is 11.5 Å². The van der Waals surface area contributed by atoms with Gasteiger partial charge in [-0.25, -0.2) is 5.43 Å². The number of rotatable bonds is 8. The van der Waals surface area contributed by atoms with Crippen LogP contribution in [0, 0.1) is 5.92 Å². The van der Waals surface area contributed by atoms with Gasteiger partial charge in [-0.05, 0) is 60.0 Å². The number of nitrogens with one attached hydrogen (secondary N) is 1. The van der Waals surface area contributed by atoms with E-state index in [1.165, 1.54) is 0 Å². The standard InChI is InChI=1S/C19H21ClN2O3/c1-14(2)12-24-17-7-3-15(4-8-17)11-21-22-19(23)13-25-18-9-5-16(20)6-10-18/h3-11,14H,12-13H2,1-2H3,(H,22,23)/b21-11-. The summed E-state index contributed by atoms with van der Waals surface area (Å²) in [5.41, 5.74) is 3.27. The van der Waals surface area contributed by atoms with Crippen LogP contribution in [0.15, 0.2) is 53.6 Å². The number of hydrazone groups is 1. The van der Waals surface area contributed by atoms with Crippen molar-refractivity contribution in [3.63, 3.8) is 0 Å². The molecule has 0 bridgehead atoms. The monoisotopic (exact) mass is 360 g/mol. The Bertz CT molecular complexity index is 698. The fraction of sp³-hybridized carbons (Fsp3) is 0.263. The first-order valence-electron chi connectivity index (χ1n) is 7.96. The van der Waals surface area contributed by atoms with E-state index in [1.807, 2.05) is 24.3 Å². The largest absolute Gasteiger partial charge is 0.493 e. The number of nitrogens with zero attached hydrogens (tertiary/aromatic N) is 1. The summed E-state index contributed by atoms with van der Waals surface area (Å²) < 4.78 is 10.9. The van der Waals surface area contributed by atoms with Crippen LogP contribution < -0.4 is 14.9 Å². The van der Waals surface area contributed by atoms with Crippen LogP contribution in [0.4, 0.5) is 0 Å². The smallest absolute Gasteiger partial charge is 0.277 e. The van der Waals surface area contributed by atoms with E-state index in [2.05, 4.69) is 24.4 Å². The van der Waals surface area contributed by atoms with E-state index in [0.29, 0.717) is 23.3 Å². The second kappa shape index (κ2) is 9.69. The summed E-state index contributed by atoms with van der Waals surface area (Å²) in [6, 6.07) is 14.3. The Morgan fingerprint density at radius 1 is 1.08 bits per heavy atom. The van der Waals surface area contributed by atoms with Crippen LogP contribution in [0.5, 0.6) is 11.5 Å². The third-order valence-electron chi connectivity index (χ3n) is 3.05. The Labute approximate surface area is 152 Å². The molecule has 2 aromatic rings. The minimum absolute atomic E-state index is 0.124. The molecule has 0 aliphatic heterocycles. The van der Waals surface area contributed by atoms with Crippen LogP contribution in [0.3, 0.4) is 0 Å². The maximum Gasteiger partial charge on any atom is 0.277 e. The lowest BCUT2D eigenvalue weighted by molar-refractivity contribution is -0.123. The molecule has 2 rings (SSSR count). The van der Waals surface area contributed by atoms with E-state index in [9.17, 15) is 4.79 Å². The molecule has 0 saturated heterocycles. The van der Waals surface area contributed by atoms with Gasteiger partial charge in [0.25, 0.3) is 5.91 Å². The molecule has 1 amide bonds. The van der Waals surface area contributed by atoms with E-state index >= 15 is 0 Å². The third kappa shape index (κ3) is 7.27. The molecule has 0 aliphatic rings. The number of carbonyl (C=O) groups excluding carboxylic acids is 1. The third-order valence-corrected chi connectivity index (χ3v) is 3.30. The topological polar surface area (TPSA) is 59.9 Å². The molecule has 0 saturated carbocycles. The number of carbonyl (C=O) groups is 1. The zero-order valence-corrected chi connectivity index (χ0v) is 15.0. The summed E-state index contributed by atoms with van der Waals surface area (Å²) in [7, 11) is 0. The van der Waals surface area contributed by atoms with Crippen molar-refractivity contribution in [3.05, 3.63) is 59.1 Å². The Hall–Kier alpha value is -2.53. The molecule has 0 atom stereocenters. The molecule has 0 aliphatic carbocycles. The highest BCUT2D eigenvalue weighted by molar-refractivity contribution is 6.30. The Kier molecular flexibility index (Phi) is 7.29. The highest BCUT2D eigenvalue weighted by Crippen LogP contribution is 2.15. The van der Waals surface area contributed by atoms with Crippen LogP contribution in [-0.2, 0) is 4.79 Å². The lowest BCUT2D eigenvalue weighted by Crippen LogP contribution is -2.24. The molecule has 0 radical (unpaired) electrons. The van der Waals surface area contributed by atoms with Crippen molar-refractivity contribution in [2.75, 3.05) is 13.2 Å². The van der Waals surface area contributed by atoms with Gasteiger partial charge < -0.3 is 9.47 Å². The molecule has 5 nitrogen and oxygen atoms in total. The molecule has 0 heterocycles. The van der Waals surface area contributed by atoms with Gasteiger partial charge in [-0.15, -0.1) is 0 Å². The molecule has 0 fully saturated rings. The van der Waals surface area contributed by atoms with Crippen molar-refractivity contribution in [1.29, 1.82) is 0 Å². The number of hydrogen-bond donors (Lipinski definition) is 1. The van der Waals surface area contributed by atoms with Crippen molar-refractivity contribution in [2.24, 2.45) is 11.0 Å². The first-order chi connectivity index (χ1) is 12.0. The average Bonchev–Trinajstić information content (AvgIpc) is 2.60. The predicted octanol–water partition coefficient (Wildman–Crippen LogP) is 3.90. The highest BCUT2D eigenvalue weighted by atomic mass is 35.5. The molecule has 1 N–H and O–H groups in total. The summed E-state index contributed by atoms with van der Waals surface area (Å²) in [6.45, 7) is 4.75. The highest BCUT2D eigenvalue weighted by Gasteiger charge is 2.01. The fourth-order valence-corrected chi connectivity index (χ4v) is 1.93. The van der Waals surface area contributed by atoms with E-state index < -0.39 is 0 Å². The Morgan fingerprint density at radius 3 is 2.32 bits per heavy atom. The zero-order chi connectivity index (χ0) is 18.1. The van der Waals surface area contributed by atoms with Gasteiger partial charge in [-0.2, -0.15) is 5.10 Å². The lowest BCUT2D eigenvalue weighted by Gasteiger charge is -2.08. The number of halogens is 1. The molecule has 6 heteroatoms. The first-order valence-corrected chi connectivity index (χ1v) is 8.34. The van der Waals surface area contributed by atoms with Gasteiger partial charge in [0.2, 0.25) is 0 Å². The number of ether oxygens (including phenoxy) is 2. The van der Waals surface area contributed by atoms with Gasteiger partial charge in [-0.3, -0.25) is 4.79 Å². The molecule has 2 aromatic carbocycles. The summed E-state index contributed by atoms with van der Waals surface area (Å²) >= 11 is 5.78. The average molecular weight is 361 g/mol. The second-order valence-corrected chi connectivity index (χ2v) is 6.25. The van der Waals surface area contributed by atoms with Crippen LogP contribution >= 0.6 is 11.6 Å². The van der Waals surface area contributed by atoms with Gasteiger partial charge in [0, 0.05) is 5.02 Å². The maximum atomic E-state index is 11.7. The van der Waals surface area contributed by atoms with Crippen LogP contribution in [0.2, 0.25) is 5.02 Å². The van der Waals surface area contributed by atoms with E-state index in [-0.39, 0.29) is 12.5 Å². The predicted molar refractivity (Wildman–Crippen MR) is 99.5 cm³/mol. The van der Waals surface area contributed by atoms with Crippen LogP contribution in [-0.4, -0.2) is 25.3 Å². The van der Waals surface area contributed by atoms with Crippen molar-refractivity contribution in [2.45, 2.75) is 13.8 Å². The van der Waals surface area contributed by atoms with Crippen LogP contribution in [0.1, 0.15) is 19.4 Å². The molecular weight excluding hydrogens is 340 g/mol. The van der Waals surface area contributed by atoms with Crippen molar-refractivity contribution in [1.82, 2.24) is 5.43 Å². The molecule has 0 unspecified atom stereocenters. The quantitative estimate of drug-likeness (QED) is 0.573.